The molecule has 1 N–H and O–H groups in total. The van der Waals surface area contributed by atoms with Crippen LogP contribution < -0.4 is 5.32 Å². The minimum absolute atomic E-state index is 0.0850. The Bertz CT molecular complexity index is 880. The molecular weight excluding hydrogens is 359 g/mol. The summed E-state index contributed by atoms with van der Waals surface area (Å²) in [4.78, 5) is 16.3. The summed E-state index contributed by atoms with van der Waals surface area (Å²) in [5.74, 6) is -0.470. The van der Waals surface area contributed by atoms with Crippen LogP contribution in [0.5, 0.6) is 0 Å². The molecule has 7 heteroatoms. The number of hydrogen-bond donors (Lipinski definition) is 1. The fourth-order valence-electron chi connectivity index (χ4n) is 2.18. The van der Waals surface area contributed by atoms with Gasteiger partial charge in [0.25, 0.3) is 0 Å². The number of rotatable bonds is 6. The molecule has 0 spiro atoms. The summed E-state index contributed by atoms with van der Waals surface area (Å²) in [7, 11) is -1.35. The van der Waals surface area contributed by atoms with Crippen molar-refractivity contribution in [3.63, 3.8) is 0 Å². The Morgan fingerprint density at radius 3 is 2.56 bits per heavy atom. The highest BCUT2D eigenvalue weighted by atomic mass is 32.2. The van der Waals surface area contributed by atoms with E-state index in [1.54, 1.807) is 24.3 Å². The number of thiazole rings is 1. The van der Waals surface area contributed by atoms with Crippen LogP contribution in [0, 0.1) is 5.82 Å². The molecule has 128 valence electrons. The van der Waals surface area contributed by atoms with Crippen molar-refractivity contribution in [1.29, 1.82) is 0 Å². The maximum atomic E-state index is 13.0. The van der Waals surface area contributed by atoms with Gasteiger partial charge in [-0.25, -0.2) is 9.37 Å². The Balaban J connectivity index is 1.56. The molecule has 4 nitrogen and oxygen atoms in total. The lowest BCUT2D eigenvalue weighted by molar-refractivity contribution is -0.113. The van der Waals surface area contributed by atoms with Gasteiger partial charge in [0.2, 0.25) is 5.91 Å². The van der Waals surface area contributed by atoms with Gasteiger partial charge in [-0.2, -0.15) is 0 Å². The third kappa shape index (κ3) is 5.04. The van der Waals surface area contributed by atoms with E-state index < -0.39 is 10.8 Å². The van der Waals surface area contributed by atoms with Gasteiger partial charge >= 0.3 is 0 Å². The second kappa shape index (κ2) is 8.13. The SMILES string of the molecule is O=C(CS(=O)Cc1csc(-c2ccc(F)cc2)n1)Nc1ccccc1. The molecule has 1 amide bonds. The van der Waals surface area contributed by atoms with Gasteiger partial charge in [0.05, 0.1) is 11.4 Å². The molecule has 0 radical (unpaired) electrons. The number of nitrogens with zero attached hydrogens (tertiary/aromatic N) is 1. The third-order valence-electron chi connectivity index (χ3n) is 3.30. The molecule has 0 fully saturated rings. The smallest absolute Gasteiger partial charge is 0.237 e. The maximum Gasteiger partial charge on any atom is 0.237 e. The molecule has 1 unspecified atom stereocenters. The van der Waals surface area contributed by atoms with Crippen molar-refractivity contribution in [2.45, 2.75) is 5.75 Å². The van der Waals surface area contributed by atoms with Crippen LogP contribution >= 0.6 is 11.3 Å². The number of halogens is 1. The van der Waals surface area contributed by atoms with Crippen LogP contribution in [0.25, 0.3) is 10.6 Å². The van der Waals surface area contributed by atoms with Crippen LogP contribution in [0.15, 0.2) is 60.0 Å². The monoisotopic (exact) mass is 374 g/mol. The number of amides is 1. The van der Waals surface area contributed by atoms with E-state index in [9.17, 15) is 13.4 Å². The average molecular weight is 374 g/mol. The fraction of sp³-hybridized carbons (Fsp3) is 0.111. The van der Waals surface area contributed by atoms with Gasteiger partial charge in [-0.1, -0.05) is 18.2 Å². The highest BCUT2D eigenvalue weighted by molar-refractivity contribution is 7.84. The molecule has 1 heterocycles. The lowest BCUT2D eigenvalue weighted by Gasteiger charge is -2.04. The fourth-order valence-corrected chi connectivity index (χ4v) is 4.05. The minimum Gasteiger partial charge on any atom is -0.325 e. The second-order valence-corrected chi connectivity index (χ2v) is 7.61. The molecule has 2 aromatic carbocycles. The van der Waals surface area contributed by atoms with E-state index in [-0.39, 0.29) is 23.2 Å². The summed E-state index contributed by atoms with van der Waals surface area (Å²) in [6, 6.07) is 15.1. The summed E-state index contributed by atoms with van der Waals surface area (Å²) < 4.78 is 25.1. The normalized spacial score (nSPS) is 11.9. The number of nitrogens with one attached hydrogen (secondary N) is 1. The van der Waals surface area contributed by atoms with Gasteiger partial charge in [-0.3, -0.25) is 9.00 Å². The standard InChI is InChI=1S/C18H15FN2O2S2/c19-14-8-6-13(7-9-14)18-21-16(10-24-18)11-25(23)12-17(22)20-15-4-2-1-3-5-15/h1-10H,11-12H2,(H,20,22). The van der Waals surface area contributed by atoms with E-state index in [1.165, 1.54) is 23.5 Å². The number of anilines is 1. The molecular formula is C18H15FN2O2S2. The van der Waals surface area contributed by atoms with Crippen molar-refractivity contribution >= 4 is 33.7 Å². The maximum absolute atomic E-state index is 13.0. The van der Waals surface area contributed by atoms with E-state index in [1.807, 2.05) is 23.6 Å². The highest BCUT2D eigenvalue weighted by Gasteiger charge is 2.12. The lowest BCUT2D eigenvalue weighted by Crippen LogP contribution is -2.20. The van der Waals surface area contributed by atoms with E-state index >= 15 is 0 Å². The molecule has 0 saturated heterocycles. The Hall–Kier alpha value is -2.38. The van der Waals surface area contributed by atoms with Gasteiger partial charge in [0, 0.05) is 27.4 Å². The minimum atomic E-state index is -1.35. The summed E-state index contributed by atoms with van der Waals surface area (Å²) in [6.45, 7) is 0. The van der Waals surface area contributed by atoms with Crippen LogP contribution in [0.2, 0.25) is 0 Å². The number of benzene rings is 2. The van der Waals surface area contributed by atoms with Crippen LogP contribution in [0.4, 0.5) is 10.1 Å². The molecule has 0 aliphatic rings. The Labute approximate surface area is 151 Å². The van der Waals surface area contributed by atoms with Crippen molar-refractivity contribution < 1.29 is 13.4 Å². The first kappa shape index (κ1) is 17.4. The van der Waals surface area contributed by atoms with E-state index in [2.05, 4.69) is 10.3 Å². The zero-order valence-electron chi connectivity index (χ0n) is 13.1. The molecule has 25 heavy (non-hydrogen) atoms. The molecule has 0 saturated carbocycles. The number of para-hydroxylation sites is 1. The lowest BCUT2D eigenvalue weighted by atomic mass is 10.2. The first-order valence-electron chi connectivity index (χ1n) is 7.50. The van der Waals surface area contributed by atoms with Gasteiger partial charge in [-0.15, -0.1) is 11.3 Å². The Morgan fingerprint density at radius 1 is 1.12 bits per heavy atom. The van der Waals surface area contributed by atoms with Gasteiger partial charge in [-0.05, 0) is 36.4 Å². The van der Waals surface area contributed by atoms with Crippen molar-refractivity contribution in [3.05, 3.63) is 71.5 Å². The molecule has 1 atom stereocenters. The first-order valence-corrected chi connectivity index (χ1v) is 9.87. The summed E-state index contributed by atoms with van der Waals surface area (Å²) in [6.07, 6.45) is 0. The Morgan fingerprint density at radius 2 is 1.84 bits per heavy atom. The zero-order chi connectivity index (χ0) is 17.6. The van der Waals surface area contributed by atoms with Crippen LogP contribution in [0.3, 0.4) is 0 Å². The van der Waals surface area contributed by atoms with E-state index in [4.69, 9.17) is 0 Å². The zero-order valence-corrected chi connectivity index (χ0v) is 14.8. The predicted molar refractivity (Wildman–Crippen MR) is 99.3 cm³/mol. The molecule has 3 rings (SSSR count). The highest BCUT2D eigenvalue weighted by Crippen LogP contribution is 2.24. The summed E-state index contributed by atoms with van der Waals surface area (Å²) >= 11 is 1.40. The van der Waals surface area contributed by atoms with Crippen molar-refractivity contribution in [3.8, 4) is 10.6 Å². The first-order chi connectivity index (χ1) is 12.1. The van der Waals surface area contributed by atoms with Crippen LogP contribution in [-0.2, 0) is 21.3 Å². The molecule has 0 bridgehead atoms. The number of carbonyl (C=O) groups is 1. The summed E-state index contributed by atoms with van der Waals surface area (Å²) in [5.41, 5.74) is 2.15. The predicted octanol–water partition coefficient (Wildman–Crippen LogP) is 3.84. The summed E-state index contributed by atoms with van der Waals surface area (Å²) in [5, 5.41) is 5.26. The van der Waals surface area contributed by atoms with Crippen molar-refractivity contribution in [2.24, 2.45) is 0 Å². The molecule has 3 aromatic rings. The van der Waals surface area contributed by atoms with Crippen LogP contribution in [0.1, 0.15) is 5.69 Å². The molecule has 0 aliphatic carbocycles. The number of carbonyl (C=O) groups excluding carboxylic acids is 1. The van der Waals surface area contributed by atoms with Crippen LogP contribution in [-0.4, -0.2) is 20.9 Å². The molecule has 1 aromatic heterocycles. The van der Waals surface area contributed by atoms with Gasteiger partial charge in [0.1, 0.15) is 16.6 Å². The largest absolute Gasteiger partial charge is 0.325 e. The van der Waals surface area contributed by atoms with E-state index in [0.717, 1.165) is 10.6 Å². The van der Waals surface area contributed by atoms with Crippen molar-refractivity contribution in [1.82, 2.24) is 4.98 Å². The van der Waals surface area contributed by atoms with Gasteiger partial charge in [0.15, 0.2) is 0 Å². The average Bonchev–Trinajstić information content (AvgIpc) is 3.04. The number of hydrogen-bond acceptors (Lipinski definition) is 4. The molecule has 0 aliphatic heterocycles. The van der Waals surface area contributed by atoms with E-state index in [0.29, 0.717) is 11.4 Å². The number of aromatic nitrogens is 1. The topological polar surface area (TPSA) is 59.1 Å². The van der Waals surface area contributed by atoms with Gasteiger partial charge < -0.3 is 5.32 Å². The Kier molecular flexibility index (Phi) is 5.67. The quantitative estimate of drug-likeness (QED) is 0.713. The second-order valence-electron chi connectivity index (χ2n) is 5.29. The third-order valence-corrected chi connectivity index (χ3v) is 5.44. The van der Waals surface area contributed by atoms with Crippen molar-refractivity contribution in [2.75, 3.05) is 11.1 Å².